The van der Waals surface area contributed by atoms with Crippen LogP contribution in [0.4, 0.5) is 5.95 Å². The predicted octanol–water partition coefficient (Wildman–Crippen LogP) is 2.08. The quantitative estimate of drug-likeness (QED) is 0.916. The average Bonchev–Trinajstić information content (AvgIpc) is 2.29. The molecule has 2 aromatic rings. The van der Waals surface area contributed by atoms with Crippen LogP contribution in [0.3, 0.4) is 0 Å². The first-order chi connectivity index (χ1) is 8.52. The van der Waals surface area contributed by atoms with Crippen LogP contribution in [-0.2, 0) is 6.42 Å². The van der Waals surface area contributed by atoms with Gasteiger partial charge in [0.25, 0.3) is 0 Å². The first-order valence-electron chi connectivity index (χ1n) is 5.22. The lowest BCUT2D eigenvalue weighted by molar-refractivity contribution is 0.855. The lowest BCUT2D eigenvalue weighted by Gasteiger charge is -2.12. The number of benzene rings is 1. The maximum Gasteiger partial charge on any atom is 0.356 e. The maximum atomic E-state index is 11.8. The van der Waals surface area contributed by atoms with E-state index in [0.717, 1.165) is 5.56 Å². The summed E-state index contributed by atoms with van der Waals surface area (Å²) >= 11 is 12.1. The zero-order chi connectivity index (χ0) is 13.3. The smallest absolute Gasteiger partial charge is 0.356 e. The van der Waals surface area contributed by atoms with Crippen molar-refractivity contribution >= 4 is 29.2 Å². The Morgan fingerprint density at radius 1 is 1.39 bits per heavy atom. The molecule has 0 atom stereocenters. The molecule has 94 valence electrons. The van der Waals surface area contributed by atoms with Gasteiger partial charge < -0.3 is 5.73 Å². The van der Waals surface area contributed by atoms with Crippen LogP contribution in [0.1, 0.15) is 12.5 Å². The summed E-state index contributed by atoms with van der Waals surface area (Å²) in [6.45, 7) is 1.94. The molecule has 1 aromatic heterocycles. The molecular formula is C11H10Cl2N4O. The Balaban J connectivity index is 2.74. The van der Waals surface area contributed by atoms with Gasteiger partial charge in [0.1, 0.15) is 6.33 Å². The number of nitrogen functional groups attached to an aromatic ring is 1. The second-order valence-corrected chi connectivity index (χ2v) is 4.46. The van der Waals surface area contributed by atoms with Crippen molar-refractivity contribution < 1.29 is 0 Å². The highest BCUT2D eigenvalue weighted by Gasteiger charge is 2.12. The Kier molecular flexibility index (Phi) is 3.54. The number of hydrogen-bond donors (Lipinski definition) is 1. The van der Waals surface area contributed by atoms with Gasteiger partial charge in [0.15, 0.2) is 0 Å². The van der Waals surface area contributed by atoms with Crippen molar-refractivity contribution in [2.24, 2.45) is 0 Å². The third-order valence-corrected chi connectivity index (χ3v) is 2.96. The van der Waals surface area contributed by atoms with E-state index in [2.05, 4.69) is 9.97 Å². The molecule has 0 aliphatic heterocycles. The molecular weight excluding hydrogens is 275 g/mol. The summed E-state index contributed by atoms with van der Waals surface area (Å²) in [7, 11) is 0. The summed E-state index contributed by atoms with van der Waals surface area (Å²) in [5.74, 6) is -0.0700. The molecule has 0 spiro atoms. The molecule has 0 saturated carbocycles. The normalized spacial score (nSPS) is 10.6. The third-order valence-electron chi connectivity index (χ3n) is 2.45. The van der Waals surface area contributed by atoms with E-state index in [9.17, 15) is 4.79 Å². The molecule has 0 unspecified atom stereocenters. The highest BCUT2D eigenvalue weighted by atomic mass is 35.5. The average molecular weight is 285 g/mol. The highest BCUT2D eigenvalue weighted by Crippen LogP contribution is 2.28. The molecule has 0 amide bonds. The van der Waals surface area contributed by atoms with Gasteiger partial charge in [0.05, 0.1) is 10.7 Å². The number of nitrogens with two attached hydrogens (primary N) is 1. The van der Waals surface area contributed by atoms with Crippen LogP contribution in [0, 0.1) is 0 Å². The summed E-state index contributed by atoms with van der Waals surface area (Å²) < 4.78 is 1.26. The fraction of sp³-hybridized carbons (Fsp3) is 0.182. The van der Waals surface area contributed by atoms with E-state index in [1.165, 1.54) is 10.9 Å². The number of nitrogens with zero attached hydrogens (tertiary/aromatic N) is 3. The van der Waals surface area contributed by atoms with Crippen LogP contribution in [0.15, 0.2) is 23.3 Å². The van der Waals surface area contributed by atoms with Gasteiger partial charge in [-0.1, -0.05) is 30.1 Å². The minimum Gasteiger partial charge on any atom is -0.368 e. The van der Waals surface area contributed by atoms with Crippen molar-refractivity contribution in [3.63, 3.8) is 0 Å². The first-order valence-corrected chi connectivity index (χ1v) is 5.98. The van der Waals surface area contributed by atoms with Gasteiger partial charge in [-0.05, 0) is 24.1 Å². The summed E-state index contributed by atoms with van der Waals surface area (Å²) in [6.07, 6.45) is 1.98. The van der Waals surface area contributed by atoms with E-state index < -0.39 is 5.69 Å². The van der Waals surface area contributed by atoms with Gasteiger partial charge in [-0.2, -0.15) is 4.98 Å². The van der Waals surface area contributed by atoms with Crippen LogP contribution >= 0.6 is 23.2 Å². The third kappa shape index (κ3) is 2.32. The SMILES string of the molecule is CCc1cc(Cl)cc(Cl)c1-n1cnc(N)nc1=O. The Morgan fingerprint density at radius 3 is 2.72 bits per heavy atom. The Labute approximate surface area is 113 Å². The van der Waals surface area contributed by atoms with E-state index in [1.54, 1.807) is 12.1 Å². The Hall–Kier alpha value is -1.59. The minimum absolute atomic E-state index is 0.0700. The molecule has 1 aromatic carbocycles. The fourth-order valence-corrected chi connectivity index (χ4v) is 2.29. The minimum atomic E-state index is -0.526. The summed E-state index contributed by atoms with van der Waals surface area (Å²) in [4.78, 5) is 19.2. The fourth-order valence-electron chi connectivity index (χ4n) is 1.66. The first kappa shape index (κ1) is 12.9. The number of anilines is 1. The lowest BCUT2D eigenvalue weighted by Crippen LogP contribution is -2.24. The van der Waals surface area contributed by atoms with Gasteiger partial charge in [-0.15, -0.1) is 0 Å². The summed E-state index contributed by atoms with van der Waals surface area (Å²) in [6, 6.07) is 3.33. The molecule has 18 heavy (non-hydrogen) atoms. The second-order valence-electron chi connectivity index (χ2n) is 3.62. The van der Waals surface area contributed by atoms with Crippen LogP contribution in [0.2, 0.25) is 10.0 Å². The van der Waals surface area contributed by atoms with Crippen molar-refractivity contribution in [3.05, 3.63) is 44.6 Å². The van der Waals surface area contributed by atoms with Gasteiger partial charge in [-0.25, -0.2) is 14.3 Å². The van der Waals surface area contributed by atoms with Crippen molar-refractivity contribution in [3.8, 4) is 5.69 Å². The van der Waals surface area contributed by atoms with Crippen molar-refractivity contribution in [1.29, 1.82) is 0 Å². The van der Waals surface area contributed by atoms with E-state index in [-0.39, 0.29) is 5.95 Å². The Bertz CT molecular complexity index is 654. The van der Waals surface area contributed by atoms with E-state index in [4.69, 9.17) is 28.9 Å². The number of aromatic nitrogens is 3. The molecule has 2 N–H and O–H groups in total. The van der Waals surface area contributed by atoms with Crippen molar-refractivity contribution in [2.45, 2.75) is 13.3 Å². The molecule has 0 bridgehead atoms. The van der Waals surface area contributed by atoms with E-state index >= 15 is 0 Å². The van der Waals surface area contributed by atoms with Crippen LogP contribution in [0.5, 0.6) is 0 Å². The molecule has 1 heterocycles. The van der Waals surface area contributed by atoms with Gasteiger partial charge in [0, 0.05) is 5.02 Å². The second kappa shape index (κ2) is 4.96. The number of rotatable bonds is 2. The molecule has 5 nitrogen and oxygen atoms in total. The highest BCUT2D eigenvalue weighted by molar-refractivity contribution is 6.36. The van der Waals surface area contributed by atoms with Crippen LogP contribution in [-0.4, -0.2) is 14.5 Å². The largest absolute Gasteiger partial charge is 0.368 e. The summed E-state index contributed by atoms with van der Waals surface area (Å²) in [5.41, 5.74) is 6.19. The van der Waals surface area contributed by atoms with Gasteiger partial charge in [0.2, 0.25) is 5.95 Å². The molecule has 0 fully saturated rings. The van der Waals surface area contributed by atoms with E-state index in [1.807, 2.05) is 6.92 Å². The predicted molar refractivity (Wildman–Crippen MR) is 71.4 cm³/mol. The van der Waals surface area contributed by atoms with Crippen molar-refractivity contribution in [2.75, 3.05) is 5.73 Å². The molecule has 2 rings (SSSR count). The number of aryl methyl sites for hydroxylation is 1. The zero-order valence-electron chi connectivity index (χ0n) is 9.52. The molecule has 0 saturated heterocycles. The molecule has 0 aliphatic carbocycles. The Morgan fingerprint density at radius 2 is 2.11 bits per heavy atom. The van der Waals surface area contributed by atoms with Crippen LogP contribution < -0.4 is 11.4 Å². The monoisotopic (exact) mass is 284 g/mol. The molecule has 7 heteroatoms. The van der Waals surface area contributed by atoms with Gasteiger partial charge >= 0.3 is 5.69 Å². The molecule has 0 radical (unpaired) electrons. The molecule has 0 aliphatic rings. The number of halogens is 2. The van der Waals surface area contributed by atoms with Crippen LogP contribution in [0.25, 0.3) is 5.69 Å². The van der Waals surface area contributed by atoms with E-state index in [0.29, 0.717) is 22.2 Å². The lowest BCUT2D eigenvalue weighted by atomic mass is 10.1. The maximum absolute atomic E-state index is 11.8. The zero-order valence-corrected chi connectivity index (χ0v) is 11.0. The number of hydrogen-bond acceptors (Lipinski definition) is 4. The topological polar surface area (TPSA) is 73.8 Å². The van der Waals surface area contributed by atoms with Crippen molar-refractivity contribution in [1.82, 2.24) is 14.5 Å². The van der Waals surface area contributed by atoms with Gasteiger partial charge in [-0.3, -0.25) is 0 Å². The summed E-state index contributed by atoms with van der Waals surface area (Å²) in [5, 5.41) is 0.889. The standard InChI is InChI=1S/C11H10Cl2N4O/c1-2-6-3-7(12)4-8(13)9(6)17-5-15-10(14)16-11(17)18/h3-5H,2H2,1H3,(H2,14,16,18).